The van der Waals surface area contributed by atoms with Crippen molar-refractivity contribution in [2.45, 2.75) is 0 Å². The fourth-order valence-electron chi connectivity index (χ4n) is 5.12. The molecule has 0 spiro atoms. The van der Waals surface area contributed by atoms with Crippen LogP contribution in [0.4, 0.5) is 0 Å². The molecule has 0 atom stereocenters. The molecule has 0 unspecified atom stereocenters. The Balaban J connectivity index is 0.00000302. The monoisotopic (exact) mass is 703 g/mol. The van der Waals surface area contributed by atoms with E-state index in [4.69, 9.17) is 15.0 Å². The van der Waals surface area contributed by atoms with Crippen LogP contribution in [0.25, 0.3) is 67.1 Å². The van der Waals surface area contributed by atoms with Gasteiger partial charge in [-0.05, 0) is 39.7 Å². The minimum absolute atomic E-state index is 0. The molecule has 0 amide bonds. The Labute approximate surface area is 253 Å². The average molecular weight is 703 g/mol. The van der Waals surface area contributed by atoms with Crippen molar-refractivity contribution in [1.82, 2.24) is 15.0 Å². The Morgan fingerprint density at radius 1 is 0.512 bits per heavy atom. The standard InChI is InChI=1S/C37H24N3.Ir/c1-3-12-26(13-4-1)31-19-9-10-21-33(31)35-25-34(28-15-5-2-6-16-28)39-37(40-35)30-18-11-17-29(24-30)36-32-20-8-7-14-27(32)22-23-38-36;/h1-16,18-25H;/q-1;. The number of benzene rings is 5. The molecule has 1 radical (unpaired) electrons. The van der Waals surface area contributed by atoms with Gasteiger partial charge in [0.2, 0.25) is 0 Å². The third-order valence-electron chi connectivity index (χ3n) is 7.07. The van der Waals surface area contributed by atoms with Crippen LogP contribution in [0.3, 0.4) is 0 Å². The van der Waals surface area contributed by atoms with Crippen molar-refractivity contribution in [3.8, 4) is 56.3 Å². The largest absolute Gasteiger partial charge is 0.304 e. The van der Waals surface area contributed by atoms with E-state index in [0.717, 1.165) is 61.2 Å². The Hall–Kier alpha value is -4.76. The molecule has 4 heteroatoms. The van der Waals surface area contributed by atoms with E-state index in [1.165, 1.54) is 0 Å². The Bertz CT molecular complexity index is 1950. The molecule has 0 aliphatic rings. The number of hydrogen-bond donors (Lipinski definition) is 0. The Kier molecular flexibility index (Phi) is 7.60. The van der Waals surface area contributed by atoms with Gasteiger partial charge in [-0.2, -0.15) is 0 Å². The van der Waals surface area contributed by atoms with Gasteiger partial charge in [0.05, 0.1) is 11.4 Å². The SMILES string of the molecule is [Ir].[c-]1ccc(-c2nc(-c3ccccc3)cc(-c3ccccc3-c3ccccc3)n2)cc1-c1nccc2ccccc12. The molecule has 197 valence electrons. The first-order valence-corrected chi connectivity index (χ1v) is 13.3. The van der Waals surface area contributed by atoms with Crippen LogP contribution >= 0.6 is 0 Å². The van der Waals surface area contributed by atoms with Gasteiger partial charge in [-0.1, -0.05) is 115 Å². The van der Waals surface area contributed by atoms with Gasteiger partial charge in [-0.25, -0.2) is 9.97 Å². The van der Waals surface area contributed by atoms with Crippen LogP contribution in [0.1, 0.15) is 0 Å². The normalized spacial score (nSPS) is 10.7. The van der Waals surface area contributed by atoms with Gasteiger partial charge in [0.1, 0.15) is 5.82 Å². The zero-order chi connectivity index (χ0) is 26.7. The van der Waals surface area contributed by atoms with Gasteiger partial charge in [0, 0.05) is 37.4 Å². The minimum Gasteiger partial charge on any atom is -0.304 e. The number of pyridine rings is 1. The van der Waals surface area contributed by atoms with E-state index in [1.807, 2.05) is 60.8 Å². The third-order valence-corrected chi connectivity index (χ3v) is 7.07. The van der Waals surface area contributed by atoms with E-state index in [1.54, 1.807) is 0 Å². The fourth-order valence-corrected chi connectivity index (χ4v) is 5.12. The summed E-state index contributed by atoms with van der Waals surface area (Å²) in [4.78, 5) is 14.9. The van der Waals surface area contributed by atoms with E-state index < -0.39 is 0 Å². The molecule has 2 heterocycles. The van der Waals surface area contributed by atoms with Crippen LogP contribution in [0.2, 0.25) is 0 Å². The zero-order valence-electron chi connectivity index (χ0n) is 22.0. The van der Waals surface area contributed by atoms with Crippen molar-refractivity contribution in [3.05, 3.63) is 152 Å². The van der Waals surface area contributed by atoms with Crippen molar-refractivity contribution in [2.24, 2.45) is 0 Å². The van der Waals surface area contributed by atoms with Crippen molar-refractivity contribution in [3.63, 3.8) is 0 Å². The number of hydrogen-bond acceptors (Lipinski definition) is 3. The average Bonchev–Trinajstić information content (AvgIpc) is 3.05. The second-order valence-corrected chi connectivity index (χ2v) is 9.61. The molecular formula is C37H24IrN3-. The number of fused-ring (bicyclic) bond motifs is 1. The molecule has 0 N–H and O–H groups in total. The van der Waals surface area contributed by atoms with Crippen molar-refractivity contribution < 1.29 is 20.1 Å². The maximum atomic E-state index is 5.14. The van der Waals surface area contributed by atoms with E-state index in [-0.39, 0.29) is 20.1 Å². The van der Waals surface area contributed by atoms with Gasteiger partial charge in [-0.15, -0.1) is 29.8 Å². The second-order valence-electron chi connectivity index (χ2n) is 9.61. The van der Waals surface area contributed by atoms with Crippen LogP contribution in [-0.2, 0) is 20.1 Å². The fraction of sp³-hybridized carbons (Fsp3) is 0. The van der Waals surface area contributed by atoms with Crippen molar-refractivity contribution in [2.75, 3.05) is 0 Å². The summed E-state index contributed by atoms with van der Waals surface area (Å²) in [5, 5.41) is 2.24. The number of nitrogens with zero attached hydrogens (tertiary/aromatic N) is 3. The summed E-state index contributed by atoms with van der Waals surface area (Å²) in [7, 11) is 0. The third kappa shape index (κ3) is 5.36. The van der Waals surface area contributed by atoms with Crippen molar-refractivity contribution >= 4 is 10.8 Å². The molecule has 7 aromatic rings. The van der Waals surface area contributed by atoms with Crippen molar-refractivity contribution in [1.29, 1.82) is 0 Å². The summed E-state index contributed by atoms with van der Waals surface area (Å²) in [6.45, 7) is 0. The molecule has 7 rings (SSSR count). The molecule has 0 aliphatic carbocycles. The first-order valence-electron chi connectivity index (χ1n) is 13.3. The molecule has 0 aliphatic heterocycles. The summed E-state index contributed by atoms with van der Waals surface area (Å²) in [5.41, 5.74) is 8.87. The smallest absolute Gasteiger partial charge is 0.142 e. The van der Waals surface area contributed by atoms with E-state index in [9.17, 15) is 0 Å². The quantitative estimate of drug-likeness (QED) is 0.168. The molecule has 0 saturated heterocycles. The second kappa shape index (κ2) is 11.8. The summed E-state index contributed by atoms with van der Waals surface area (Å²) in [6, 6.07) is 51.0. The van der Waals surface area contributed by atoms with Gasteiger partial charge in [-0.3, -0.25) is 0 Å². The molecule has 3 nitrogen and oxygen atoms in total. The Morgan fingerprint density at radius 2 is 1.17 bits per heavy atom. The van der Waals surface area contributed by atoms with Crippen LogP contribution in [0.5, 0.6) is 0 Å². The molecule has 2 aromatic heterocycles. The van der Waals surface area contributed by atoms with Gasteiger partial charge in [0.25, 0.3) is 0 Å². The number of rotatable bonds is 5. The van der Waals surface area contributed by atoms with Gasteiger partial charge >= 0.3 is 0 Å². The predicted octanol–water partition coefficient (Wildman–Crippen LogP) is 9.16. The predicted molar refractivity (Wildman–Crippen MR) is 163 cm³/mol. The summed E-state index contributed by atoms with van der Waals surface area (Å²) < 4.78 is 0. The van der Waals surface area contributed by atoms with Crippen LogP contribution in [0, 0.1) is 6.07 Å². The molecule has 5 aromatic carbocycles. The Morgan fingerprint density at radius 3 is 1.98 bits per heavy atom. The topological polar surface area (TPSA) is 38.7 Å². The summed E-state index contributed by atoms with van der Waals surface area (Å²) >= 11 is 0. The molecule has 0 fully saturated rings. The minimum atomic E-state index is 0. The first-order chi connectivity index (χ1) is 19.8. The van der Waals surface area contributed by atoms with Gasteiger partial charge < -0.3 is 4.98 Å². The molecular weight excluding hydrogens is 679 g/mol. The molecule has 41 heavy (non-hydrogen) atoms. The summed E-state index contributed by atoms with van der Waals surface area (Å²) in [5.74, 6) is 0.662. The molecule has 0 saturated carbocycles. The molecule has 0 bridgehead atoms. The van der Waals surface area contributed by atoms with Crippen LogP contribution in [0.15, 0.2) is 146 Å². The first kappa shape index (κ1) is 26.5. The van der Waals surface area contributed by atoms with Crippen LogP contribution < -0.4 is 0 Å². The maximum Gasteiger partial charge on any atom is 0.142 e. The zero-order valence-corrected chi connectivity index (χ0v) is 24.4. The van der Waals surface area contributed by atoms with Crippen LogP contribution in [-0.4, -0.2) is 15.0 Å². The van der Waals surface area contributed by atoms with E-state index in [0.29, 0.717) is 5.82 Å². The summed E-state index contributed by atoms with van der Waals surface area (Å²) in [6.07, 6.45) is 1.85. The number of aromatic nitrogens is 3. The van der Waals surface area contributed by atoms with E-state index >= 15 is 0 Å². The maximum absolute atomic E-state index is 5.14. The van der Waals surface area contributed by atoms with E-state index in [2.05, 4.69) is 91.0 Å². The van der Waals surface area contributed by atoms with Gasteiger partial charge in [0.15, 0.2) is 0 Å².